The second-order valence-electron chi connectivity index (χ2n) is 5.63. The number of hydrogen-bond acceptors (Lipinski definition) is 3. The van der Waals surface area contributed by atoms with Gasteiger partial charge in [0.15, 0.2) is 0 Å². The highest BCUT2D eigenvalue weighted by Crippen LogP contribution is 2.32. The van der Waals surface area contributed by atoms with Crippen LogP contribution in [0.3, 0.4) is 0 Å². The summed E-state index contributed by atoms with van der Waals surface area (Å²) in [5.41, 5.74) is 1.80. The van der Waals surface area contributed by atoms with E-state index in [1.165, 1.54) is 18.2 Å². The van der Waals surface area contributed by atoms with E-state index in [9.17, 15) is 13.7 Å². The lowest BCUT2D eigenvalue weighted by Crippen LogP contribution is -2.13. The number of benzene rings is 3. The van der Waals surface area contributed by atoms with Crippen molar-refractivity contribution in [3.8, 4) is 6.07 Å². The summed E-state index contributed by atoms with van der Waals surface area (Å²) in [6.07, 6.45) is 0. The molecule has 1 N–H and O–H groups in total. The molecule has 0 aliphatic heterocycles. The average Bonchev–Trinajstić information content (AvgIpc) is 2.65. The molecule has 3 rings (SSSR count). The minimum absolute atomic E-state index is 0.166. The Hall–Kier alpha value is -2.81. The minimum atomic E-state index is -3.69. The molecule has 0 unspecified atom stereocenters. The molecule has 26 heavy (non-hydrogen) atoms. The summed E-state index contributed by atoms with van der Waals surface area (Å²) in [7, 11) is -3.69. The van der Waals surface area contributed by atoms with Crippen molar-refractivity contribution in [3.63, 3.8) is 0 Å². The standard InChI is InChI=1S/C20H15ClN2O2S/c21-20-13-16(23-26(24,25)17-9-5-2-6-10-17)11-12-18(20)19(14-22)15-7-3-1-4-8-15/h1-13,19,23H/t19-/m1/s1. The zero-order chi connectivity index (χ0) is 18.6. The molecule has 0 aromatic heterocycles. The minimum Gasteiger partial charge on any atom is -0.280 e. The van der Waals surface area contributed by atoms with Crippen molar-refractivity contribution in [2.24, 2.45) is 0 Å². The van der Waals surface area contributed by atoms with E-state index in [-0.39, 0.29) is 4.90 Å². The Balaban J connectivity index is 1.90. The Kier molecular flexibility index (Phi) is 5.27. The van der Waals surface area contributed by atoms with E-state index in [1.54, 1.807) is 30.3 Å². The Labute approximate surface area is 157 Å². The molecule has 1 atom stereocenters. The number of nitrogens with one attached hydrogen (secondary N) is 1. The molecular weight excluding hydrogens is 368 g/mol. The van der Waals surface area contributed by atoms with E-state index in [0.29, 0.717) is 16.3 Å². The van der Waals surface area contributed by atoms with E-state index in [1.807, 2.05) is 30.3 Å². The quantitative estimate of drug-likeness (QED) is 0.689. The molecular formula is C20H15ClN2O2S. The van der Waals surface area contributed by atoms with Crippen LogP contribution in [-0.4, -0.2) is 8.42 Å². The van der Waals surface area contributed by atoms with Crippen molar-refractivity contribution >= 4 is 27.3 Å². The number of nitriles is 1. The first-order valence-electron chi connectivity index (χ1n) is 7.83. The van der Waals surface area contributed by atoms with Gasteiger partial charge in [0.05, 0.1) is 22.6 Å². The molecule has 0 spiro atoms. The zero-order valence-electron chi connectivity index (χ0n) is 13.6. The fraction of sp³-hybridized carbons (Fsp3) is 0.0500. The van der Waals surface area contributed by atoms with Crippen molar-refractivity contribution < 1.29 is 8.42 Å². The van der Waals surface area contributed by atoms with Gasteiger partial charge in [0.25, 0.3) is 10.0 Å². The third kappa shape index (κ3) is 3.88. The topological polar surface area (TPSA) is 70.0 Å². The summed E-state index contributed by atoms with van der Waals surface area (Å²) in [5, 5.41) is 9.87. The molecule has 0 radical (unpaired) electrons. The van der Waals surface area contributed by atoms with Gasteiger partial charge in [-0.25, -0.2) is 8.42 Å². The summed E-state index contributed by atoms with van der Waals surface area (Å²) in [6, 6.07) is 24.4. The molecule has 3 aromatic carbocycles. The third-order valence-corrected chi connectivity index (χ3v) is 5.60. The Bertz CT molecular complexity index is 1050. The van der Waals surface area contributed by atoms with Crippen LogP contribution in [-0.2, 0) is 10.0 Å². The normalized spacial score (nSPS) is 12.2. The van der Waals surface area contributed by atoms with Crippen molar-refractivity contribution in [1.29, 1.82) is 5.26 Å². The second-order valence-corrected chi connectivity index (χ2v) is 7.72. The molecule has 4 nitrogen and oxygen atoms in total. The second kappa shape index (κ2) is 7.61. The van der Waals surface area contributed by atoms with Crippen LogP contribution in [0.1, 0.15) is 17.0 Å². The van der Waals surface area contributed by atoms with Gasteiger partial charge in [0, 0.05) is 5.02 Å². The number of halogens is 1. The highest BCUT2D eigenvalue weighted by atomic mass is 35.5. The van der Waals surface area contributed by atoms with Gasteiger partial charge in [-0.05, 0) is 35.4 Å². The smallest absolute Gasteiger partial charge is 0.261 e. The number of hydrogen-bond donors (Lipinski definition) is 1. The van der Waals surface area contributed by atoms with Gasteiger partial charge in [-0.1, -0.05) is 66.2 Å². The average molecular weight is 383 g/mol. The first kappa shape index (κ1) is 18.0. The lowest BCUT2D eigenvalue weighted by molar-refractivity contribution is 0.601. The van der Waals surface area contributed by atoms with E-state index in [0.717, 1.165) is 5.56 Å². The third-order valence-electron chi connectivity index (χ3n) is 3.88. The summed E-state index contributed by atoms with van der Waals surface area (Å²) >= 11 is 6.34. The number of sulfonamides is 1. The summed E-state index contributed by atoms with van der Waals surface area (Å²) in [4.78, 5) is 0.166. The van der Waals surface area contributed by atoms with Crippen LogP contribution in [0.15, 0.2) is 83.8 Å². The van der Waals surface area contributed by atoms with Crippen LogP contribution in [0.5, 0.6) is 0 Å². The van der Waals surface area contributed by atoms with Crippen LogP contribution >= 0.6 is 11.6 Å². The summed E-state index contributed by atoms with van der Waals surface area (Å²) < 4.78 is 27.3. The molecule has 0 saturated carbocycles. The fourth-order valence-corrected chi connectivity index (χ4v) is 3.97. The number of rotatable bonds is 5. The van der Waals surface area contributed by atoms with Crippen molar-refractivity contribution in [2.45, 2.75) is 10.8 Å². The van der Waals surface area contributed by atoms with E-state index in [4.69, 9.17) is 11.6 Å². The van der Waals surface area contributed by atoms with Gasteiger partial charge < -0.3 is 0 Å². The molecule has 3 aromatic rings. The van der Waals surface area contributed by atoms with Gasteiger partial charge >= 0.3 is 0 Å². The van der Waals surface area contributed by atoms with E-state index >= 15 is 0 Å². The zero-order valence-corrected chi connectivity index (χ0v) is 15.2. The van der Waals surface area contributed by atoms with Crippen LogP contribution in [0.4, 0.5) is 5.69 Å². The highest BCUT2D eigenvalue weighted by Gasteiger charge is 2.18. The summed E-state index contributed by atoms with van der Waals surface area (Å²) in [5.74, 6) is -0.525. The SMILES string of the molecule is N#C[C@H](c1ccccc1)c1ccc(NS(=O)(=O)c2ccccc2)cc1Cl. The van der Waals surface area contributed by atoms with Crippen LogP contribution < -0.4 is 4.72 Å². The van der Waals surface area contributed by atoms with Gasteiger partial charge in [-0.15, -0.1) is 0 Å². The maximum absolute atomic E-state index is 12.4. The van der Waals surface area contributed by atoms with Gasteiger partial charge in [0.2, 0.25) is 0 Å². The molecule has 0 aliphatic carbocycles. The Morgan fingerprint density at radius 3 is 2.12 bits per heavy atom. The maximum atomic E-state index is 12.4. The van der Waals surface area contributed by atoms with Crippen molar-refractivity contribution in [2.75, 3.05) is 4.72 Å². The first-order chi connectivity index (χ1) is 12.5. The molecule has 0 amide bonds. The predicted octanol–water partition coefficient (Wildman–Crippen LogP) is 4.80. The largest absolute Gasteiger partial charge is 0.280 e. The molecule has 130 valence electrons. The van der Waals surface area contributed by atoms with Crippen LogP contribution in [0.25, 0.3) is 0 Å². The monoisotopic (exact) mass is 382 g/mol. The Morgan fingerprint density at radius 2 is 1.54 bits per heavy atom. The number of nitrogens with zero attached hydrogens (tertiary/aromatic N) is 1. The molecule has 0 fully saturated rings. The molecule has 0 aliphatic rings. The van der Waals surface area contributed by atoms with Gasteiger partial charge in [-0.2, -0.15) is 5.26 Å². The lowest BCUT2D eigenvalue weighted by Gasteiger charge is -2.14. The lowest BCUT2D eigenvalue weighted by atomic mass is 9.92. The van der Waals surface area contributed by atoms with Crippen molar-refractivity contribution in [1.82, 2.24) is 0 Å². The van der Waals surface area contributed by atoms with Crippen LogP contribution in [0.2, 0.25) is 5.02 Å². The highest BCUT2D eigenvalue weighted by molar-refractivity contribution is 7.92. The van der Waals surface area contributed by atoms with Crippen molar-refractivity contribution in [3.05, 3.63) is 95.0 Å². The predicted molar refractivity (Wildman–Crippen MR) is 103 cm³/mol. The van der Waals surface area contributed by atoms with Crippen LogP contribution in [0, 0.1) is 11.3 Å². The molecule has 0 saturated heterocycles. The number of anilines is 1. The molecule has 6 heteroatoms. The maximum Gasteiger partial charge on any atom is 0.261 e. The summed E-state index contributed by atoms with van der Waals surface area (Å²) in [6.45, 7) is 0. The Morgan fingerprint density at radius 1 is 0.923 bits per heavy atom. The van der Waals surface area contributed by atoms with E-state index < -0.39 is 15.9 Å². The molecule has 0 heterocycles. The van der Waals surface area contributed by atoms with E-state index in [2.05, 4.69) is 10.8 Å². The molecule has 0 bridgehead atoms. The first-order valence-corrected chi connectivity index (χ1v) is 9.69. The van der Waals surface area contributed by atoms with Gasteiger partial charge in [-0.3, -0.25) is 4.72 Å². The fourth-order valence-electron chi connectivity index (χ4n) is 2.61. The van der Waals surface area contributed by atoms with Gasteiger partial charge in [0.1, 0.15) is 0 Å².